The largest absolute Gasteiger partial charge is 0.463 e. The molecule has 0 radical (unpaired) electrons. The van der Waals surface area contributed by atoms with Gasteiger partial charge in [-0.2, -0.15) is 0 Å². The summed E-state index contributed by atoms with van der Waals surface area (Å²) in [5.74, 6) is 0.172. The minimum atomic E-state index is -1.01. The number of unbranched alkanes of at least 4 members (excludes halogenated alkanes) is 15. The van der Waals surface area contributed by atoms with Gasteiger partial charge in [0.25, 0.3) is 0 Å². The van der Waals surface area contributed by atoms with Crippen LogP contribution >= 0.6 is 0 Å². The lowest BCUT2D eigenvalue weighted by molar-refractivity contribution is -0.152. The smallest absolute Gasteiger partial charge is 0.306 e. The number of hydrogen-bond donors (Lipinski definition) is 2. The van der Waals surface area contributed by atoms with E-state index in [1.54, 1.807) is 6.08 Å². The van der Waals surface area contributed by atoms with E-state index in [1.165, 1.54) is 89.9 Å². The zero-order chi connectivity index (χ0) is 38.9. The fourth-order valence-electron chi connectivity index (χ4n) is 5.73. The van der Waals surface area contributed by atoms with Crippen molar-refractivity contribution < 1.29 is 29.3 Å². The third-order valence-electron chi connectivity index (χ3n) is 8.98. The van der Waals surface area contributed by atoms with Crippen molar-refractivity contribution in [2.75, 3.05) is 13.2 Å². The Morgan fingerprint density at radius 1 is 0.528 bits per heavy atom. The molecule has 0 aliphatic heterocycles. The average molecular weight is 741 g/mol. The van der Waals surface area contributed by atoms with Gasteiger partial charge in [0.1, 0.15) is 19.3 Å². The molecule has 0 aliphatic carbocycles. The van der Waals surface area contributed by atoms with Gasteiger partial charge in [-0.25, -0.2) is 0 Å². The van der Waals surface area contributed by atoms with Crippen LogP contribution in [0.4, 0.5) is 0 Å². The van der Waals surface area contributed by atoms with E-state index in [2.05, 4.69) is 57.2 Å². The molecule has 2 N–H and O–H groups in total. The van der Waals surface area contributed by atoms with E-state index in [9.17, 15) is 19.8 Å². The second-order valence-corrected chi connectivity index (χ2v) is 14.8. The number of ether oxygens (including phenoxy) is 2. The van der Waals surface area contributed by atoms with Gasteiger partial charge in [0.05, 0.1) is 6.10 Å². The maximum Gasteiger partial charge on any atom is 0.306 e. The Hall–Kier alpha value is -2.70. The summed E-state index contributed by atoms with van der Waals surface area (Å²) in [6, 6.07) is 0. The van der Waals surface area contributed by atoms with E-state index in [-0.39, 0.29) is 31.6 Å². The van der Waals surface area contributed by atoms with Crippen molar-refractivity contribution in [1.82, 2.24) is 0 Å². The molecule has 6 heteroatoms. The second-order valence-electron chi connectivity index (χ2n) is 14.8. The van der Waals surface area contributed by atoms with Gasteiger partial charge in [-0.1, -0.05) is 196 Å². The standard InChI is InChI=1S/C47H80O6/c1-4-5-31-37-44(48)38-33-28-24-20-16-12-10-14-18-22-26-30-35-40-47(51)53-42-45(49)41-52-46(50)39-34-29-25-21-17-13-9-7-6-8-11-15-19-23-27-32-36-43(2)3/h5,12,14,16,18,24,26,28,30-31,33,38,43-45,48-49H,4,6-11,13,15,17,19-23,25,27,29,32,34-37,39-42H2,1-3H3/b16-12-,18-14-,28-24+,30-26-,31-5-,38-33+/t44?,45-/m1/s1. The van der Waals surface area contributed by atoms with Gasteiger partial charge in [-0.15, -0.1) is 0 Å². The highest BCUT2D eigenvalue weighted by atomic mass is 16.6. The van der Waals surface area contributed by atoms with Crippen LogP contribution < -0.4 is 0 Å². The van der Waals surface area contributed by atoms with Crippen molar-refractivity contribution in [3.63, 3.8) is 0 Å². The maximum absolute atomic E-state index is 12.0. The first-order chi connectivity index (χ1) is 25.8. The number of esters is 2. The second kappa shape index (κ2) is 40.5. The van der Waals surface area contributed by atoms with Crippen molar-refractivity contribution in [2.45, 2.75) is 193 Å². The minimum Gasteiger partial charge on any atom is -0.463 e. The number of allylic oxidation sites excluding steroid dienone is 10. The molecule has 0 heterocycles. The van der Waals surface area contributed by atoms with Crippen LogP contribution in [0.1, 0.15) is 181 Å². The lowest BCUT2D eigenvalue weighted by atomic mass is 10.0. The topological polar surface area (TPSA) is 93.1 Å². The van der Waals surface area contributed by atoms with Crippen molar-refractivity contribution in [3.8, 4) is 0 Å². The first kappa shape index (κ1) is 50.3. The third-order valence-corrected chi connectivity index (χ3v) is 8.98. The molecule has 0 amide bonds. The summed E-state index contributed by atoms with van der Waals surface area (Å²) in [5, 5.41) is 19.8. The number of carbonyl (C=O) groups excluding carboxylic acids is 2. The molecule has 0 bridgehead atoms. The van der Waals surface area contributed by atoms with Crippen LogP contribution in [-0.4, -0.2) is 47.6 Å². The SMILES string of the molecule is CC/C=C\CC(O)/C=C/C=C/C/C=C\C/C=C\C/C=C\CCC(=O)OC[C@H](O)COC(=O)CCCCCCCCCCCCCCCCCCC(C)C. The van der Waals surface area contributed by atoms with Gasteiger partial charge >= 0.3 is 11.9 Å². The molecule has 0 aromatic carbocycles. The molecule has 0 fully saturated rings. The molecular formula is C47H80O6. The van der Waals surface area contributed by atoms with Gasteiger partial charge < -0.3 is 19.7 Å². The summed E-state index contributed by atoms with van der Waals surface area (Å²) < 4.78 is 10.3. The number of aliphatic hydroxyl groups excluding tert-OH is 2. The Bertz CT molecular complexity index is 1000. The molecule has 6 nitrogen and oxygen atoms in total. The molecular weight excluding hydrogens is 661 g/mol. The van der Waals surface area contributed by atoms with Crippen LogP contribution in [-0.2, 0) is 19.1 Å². The van der Waals surface area contributed by atoms with Crippen LogP contribution in [0.25, 0.3) is 0 Å². The summed E-state index contributed by atoms with van der Waals surface area (Å²) in [6.07, 6.45) is 50.2. The van der Waals surface area contributed by atoms with Crippen molar-refractivity contribution in [3.05, 3.63) is 72.9 Å². The number of aliphatic hydroxyl groups is 2. The summed E-state index contributed by atoms with van der Waals surface area (Å²) in [4.78, 5) is 24.0. The van der Waals surface area contributed by atoms with Gasteiger partial charge in [0.15, 0.2) is 0 Å². The lowest BCUT2D eigenvalue weighted by Crippen LogP contribution is -2.25. The van der Waals surface area contributed by atoms with Crippen LogP contribution in [0.5, 0.6) is 0 Å². The number of rotatable bonds is 37. The number of carbonyl (C=O) groups is 2. The molecule has 0 aliphatic rings. The zero-order valence-corrected chi connectivity index (χ0v) is 34.3. The molecule has 0 saturated carbocycles. The molecule has 0 aromatic rings. The van der Waals surface area contributed by atoms with E-state index in [0.29, 0.717) is 19.3 Å². The minimum absolute atomic E-state index is 0.150. The molecule has 53 heavy (non-hydrogen) atoms. The first-order valence-electron chi connectivity index (χ1n) is 21.5. The summed E-state index contributed by atoms with van der Waals surface area (Å²) in [5.41, 5.74) is 0. The highest BCUT2D eigenvalue weighted by Crippen LogP contribution is 2.15. The average Bonchev–Trinajstić information content (AvgIpc) is 3.14. The molecule has 304 valence electrons. The van der Waals surface area contributed by atoms with Gasteiger partial charge in [0.2, 0.25) is 0 Å². The fourth-order valence-corrected chi connectivity index (χ4v) is 5.73. The van der Waals surface area contributed by atoms with Crippen molar-refractivity contribution >= 4 is 11.9 Å². The van der Waals surface area contributed by atoms with Gasteiger partial charge in [-0.05, 0) is 50.9 Å². The van der Waals surface area contributed by atoms with E-state index in [0.717, 1.165) is 50.9 Å². The highest BCUT2D eigenvalue weighted by Gasteiger charge is 2.11. The normalized spacial score (nSPS) is 13.6. The summed E-state index contributed by atoms with van der Waals surface area (Å²) in [7, 11) is 0. The zero-order valence-electron chi connectivity index (χ0n) is 34.3. The van der Waals surface area contributed by atoms with E-state index < -0.39 is 12.2 Å². The molecule has 0 aromatic heterocycles. The van der Waals surface area contributed by atoms with Crippen LogP contribution in [0, 0.1) is 5.92 Å². The Labute approximate surface area is 326 Å². The third kappa shape index (κ3) is 41.9. The van der Waals surface area contributed by atoms with E-state index >= 15 is 0 Å². The monoisotopic (exact) mass is 741 g/mol. The van der Waals surface area contributed by atoms with Crippen molar-refractivity contribution in [2.24, 2.45) is 5.92 Å². The first-order valence-corrected chi connectivity index (χ1v) is 21.5. The Kier molecular flexibility index (Phi) is 38.4. The lowest BCUT2D eigenvalue weighted by Gasteiger charge is -2.12. The predicted octanol–water partition coefficient (Wildman–Crippen LogP) is 12.6. The Morgan fingerprint density at radius 3 is 1.49 bits per heavy atom. The quantitative estimate of drug-likeness (QED) is 0.0285. The Balaban J connectivity index is 3.58. The van der Waals surface area contributed by atoms with Crippen LogP contribution in [0.15, 0.2) is 72.9 Å². The number of hydrogen-bond acceptors (Lipinski definition) is 6. The van der Waals surface area contributed by atoms with Crippen molar-refractivity contribution in [1.29, 1.82) is 0 Å². The van der Waals surface area contributed by atoms with Crippen LogP contribution in [0.3, 0.4) is 0 Å². The molecule has 0 saturated heterocycles. The Morgan fingerprint density at radius 2 is 0.981 bits per heavy atom. The molecule has 0 rings (SSSR count). The molecule has 1 unspecified atom stereocenters. The fraction of sp³-hybridized carbons (Fsp3) is 0.702. The van der Waals surface area contributed by atoms with E-state index in [4.69, 9.17) is 9.47 Å². The maximum atomic E-state index is 12.0. The highest BCUT2D eigenvalue weighted by molar-refractivity contribution is 5.70. The van der Waals surface area contributed by atoms with Gasteiger partial charge in [-0.3, -0.25) is 9.59 Å². The molecule has 2 atom stereocenters. The summed E-state index contributed by atoms with van der Waals surface area (Å²) >= 11 is 0. The van der Waals surface area contributed by atoms with E-state index in [1.807, 2.05) is 30.4 Å². The molecule has 0 spiro atoms. The summed E-state index contributed by atoms with van der Waals surface area (Å²) in [6.45, 7) is 6.39. The van der Waals surface area contributed by atoms with Crippen LogP contribution in [0.2, 0.25) is 0 Å². The van der Waals surface area contributed by atoms with Gasteiger partial charge in [0, 0.05) is 12.8 Å². The predicted molar refractivity (Wildman–Crippen MR) is 225 cm³/mol.